The molecule has 1 rings (SSSR count). The van der Waals surface area contributed by atoms with E-state index in [1.54, 1.807) is 0 Å². The molecule has 2 atom stereocenters. The number of carbonyl (C=O) groups excluding carboxylic acids is 1. The van der Waals surface area contributed by atoms with Crippen LogP contribution < -0.4 is 5.32 Å². The fourth-order valence-corrected chi connectivity index (χ4v) is 2.60. The van der Waals surface area contributed by atoms with Crippen LogP contribution in [0.15, 0.2) is 0 Å². The molecular weight excluding hydrogens is 216 g/mol. The van der Waals surface area contributed by atoms with Gasteiger partial charge >= 0.3 is 0 Å². The second-order valence-electron chi connectivity index (χ2n) is 4.78. The summed E-state index contributed by atoms with van der Waals surface area (Å²) in [6.07, 6.45) is 4.56. The van der Waals surface area contributed by atoms with Gasteiger partial charge in [-0.3, -0.25) is 4.79 Å². The van der Waals surface area contributed by atoms with E-state index in [4.69, 9.17) is 0 Å². The average molecular weight is 242 g/mol. The van der Waals surface area contributed by atoms with Gasteiger partial charge in [0.15, 0.2) is 0 Å². The van der Waals surface area contributed by atoms with Crippen LogP contribution in [0.2, 0.25) is 0 Å². The Balaban J connectivity index is 2.35. The van der Waals surface area contributed by atoms with Crippen molar-refractivity contribution in [3.05, 3.63) is 0 Å². The number of rotatable bonds is 6. The zero-order valence-electron chi connectivity index (χ0n) is 11.1. The van der Waals surface area contributed by atoms with Crippen LogP contribution in [-0.4, -0.2) is 48.2 Å². The Bertz CT molecular complexity index is 229. The molecule has 1 aliphatic carbocycles. The lowest BCUT2D eigenvalue weighted by Crippen LogP contribution is -2.46. The average Bonchev–Trinajstić information content (AvgIpc) is 2.38. The van der Waals surface area contributed by atoms with Crippen LogP contribution >= 0.6 is 0 Å². The molecule has 2 N–H and O–H groups in total. The number of aliphatic hydroxyl groups excluding tert-OH is 1. The SMILES string of the molecule is CCN(CC)C(=O)CNC1CCCCC1CO. The van der Waals surface area contributed by atoms with E-state index < -0.39 is 0 Å². The number of carbonyl (C=O) groups is 1. The first-order valence-corrected chi connectivity index (χ1v) is 6.84. The molecule has 100 valence electrons. The van der Waals surface area contributed by atoms with Crippen LogP contribution in [-0.2, 0) is 4.79 Å². The van der Waals surface area contributed by atoms with Crippen molar-refractivity contribution in [1.82, 2.24) is 10.2 Å². The van der Waals surface area contributed by atoms with Crippen molar-refractivity contribution in [3.8, 4) is 0 Å². The van der Waals surface area contributed by atoms with Crippen LogP contribution in [0.4, 0.5) is 0 Å². The summed E-state index contributed by atoms with van der Waals surface area (Å²) in [6, 6.07) is 0.313. The molecule has 1 aliphatic rings. The van der Waals surface area contributed by atoms with Crippen molar-refractivity contribution < 1.29 is 9.90 Å². The second-order valence-corrected chi connectivity index (χ2v) is 4.78. The van der Waals surface area contributed by atoms with Gasteiger partial charge in [-0.25, -0.2) is 0 Å². The van der Waals surface area contributed by atoms with Crippen molar-refractivity contribution in [3.63, 3.8) is 0 Å². The zero-order chi connectivity index (χ0) is 12.7. The van der Waals surface area contributed by atoms with Gasteiger partial charge < -0.3 is 15.3 Å². The van der Waals surface area contributed by atoms with Crippen molar-refractivity contribution in [1.29, 1.82) is 0 Å². The van der Waals surface area contributed by atoms with Crippen LogP contribution in [0.1, 0.15) is 39.5 Å². The maximum atomic E-state index is 11.8. The largest absolute Gasteiger partial charge is 0.396 e. The first-order valence-electron chi connectivity index (χ1n) is 6.84. The highest BCUT2D eigenvalue weighted by Gasteiger charge is 2.24. The maximum absolute atomic E-state index is 11.8. The summed E-state index contributed by atoms with van der Waals surface area (Å²) >= 11 is 0. The Labute approximate surface area is 104 Å². The van der Waals surface area contributed by atoms with Gasteiger partial charge in [0, 0.05) is 25.7 Å². The van der Waals surface area contributed by atoms with Crippen molar-refractivity contribution in [2.45, 2.75) is 45.6 Å². The molecule has 0 aromatic heterocycles. The monoisotopic (exact) mass is 242 g/mol. The number of hydrogen-bond donors (Lipinski definition) is 2. The molecule has 0 aromatic rings. The maximum Gasteiger partial charge on any atom is 0.236 e. The number of likely N-dealkylation sites (N-methyl/N-ethyl adjacent to an activating group) is 1. The summed E-state index contributed by atoms with van der Waals surface area (Å²) in [5.74, 6) is 0.491. The van der Waals surface area contributed by atoms with E-state index in [1.807, 2.05) is 18.7 Å². The smallest absolute Gasteiger partial charge is 0.236 e. The molecule has 1 fully saturated rings. The Hall–Kier alpha value is -0.610. The van der Waals surface area contributed by atoms with E-state index in [0.717, 1.165) is 25.9 Å². The molecule has 0 aromatic carbocycles. The van der Waals surface area contributed by atoms with Crippen molar-refractivity contribution in [2.24, 2.45) is 5.92 Å². The molecule has 0 aliphatic heterocycles. The fourth-order valence-electron chi connectivity index (χ4n) is 2.60. The topological polar surface area (TPSA) is 52.6 Å². The molecule has 0 radical (unpaired) electrons. The van der Waals surface area contributed by atoms with E-state index >= 15 is 0 Å². The lowest BCUT2D eigenvalue weighted by molar-refractivity contribution is -0.130. The summed E-state index contributed by atoms with van der Waals surface area (Å²) in [5, 5.41) is 12.6. The van der Waals surface area contributed by atoms with Crippen LogP contribution in [0.5, 0.6) is 0 Å². The summed E-state index contributed by atoms with van der Waals surface area (Å²) in [7, 11) is 0. The van der Waals surface area contributed by atoms with Crippen molar-refractivity contribution >= 4 is 5.91 Å². The van der Waals surface area contributed by atoms with Gasteiger partial charge in [0.25, 0.3) is 0 Å². The highest BCUT2D eigenvalue weighted by Crippen LogP contribution is 2.23. The molecule has 0 saturated heterocycles. The van der Waals surface area contributed by atoms with Gasteiger partial charge in [-0.1, -0.05) is 12.8 Å². The highest BCUT2D eigenvalue weighted by molar-refractivity contribution is 5.78. The van der Waals surface area contributed by atoms with E-state index in [2.05, 4.69) is 5.32 Å². The first-order chi connectivity index (χ1) is 8.22. The summed E-state index contributed by atoms with van der Waals surface area (Å²) < 4.78 is 0. The molecule has 2 unspecified atom stereocenters. The van der Waals surface area contributed by atoms with Crippen LogP contribution in [0.3, 0.4) is 0 Å². The van der Waals surface area contributed by atoms with Gasteiger partial charge in [-0.2, -0.15) is 0 Å². The predicted molar refractivity (Wildman–Crippen MR) is 68.8 cm³/mol. The molecule has 0 spiro atoms. The normalized spacial score (nSPS) is 24.6. The number of aliphatic hydroxyl groups is 1. The summed E-state index contributed by atoms with van der Waals surface area (Å²) in [4.78, 5) is 13.7. The summed E-state index contributed by atoms with van der Waals surface area (Å²) in [5.41, 5.74) is 0. The standard InChI is InChI=1S/C13H26N2O2/c1-3-15(4-2)13(17)9-14-12-8-6-5-7-11(12)10-16/h11-12,14,16H,3-10H2,1-2H3. The van der Waals surface area contributed by atoms with E-state index in [1.165, 1.54) is 12.8 Å². The third kappa shape index (κ3) is 4.28. The molecule has 4 nitrogen and oxygen atoms in total. The molecule has 4 heteroatoms. The second kappa shape index (κ2) is 7.67. The van der Waals surface area contributed by atoms with Crippen molar-refractivity contribution in [2.75, 3.05) is 26.2 Å². The highest BCUT2D eigenvalue weighted by atomic mass is 16.3. The van der Waals surface area contributed by atoms with Gasteiger partial charge in [0.2, 0.25) is 5.91 Å². The molecule has 17 heavy (non-hydrogen) atoms. The Kier molecular flexibility index (Phi) is 6.52. The van der Waals surface area contributed by atoms with Crippen LogP contribution in [0, 0.1) is 5.92 Å². The molecular formula is C13H26N2O2. The van der Waals surface area contributed by atoms with Gasteiger partial charge in [-0.05, 0) is 32.6 Å². The quantitative estimate of drug-likeness (QED) is 0.730. The summed E-state index contributed by atoms with van der Waals surface area (Å²) in [6.45, 7) is 6.17. The van der Waals surface area contributed by atoms with E-state index in [0.29, 0.717) is 18.5 Å². The van der Waals surface area contributed by atoms with E-state index in [-0.39, 0.29) is 12.5 Å². The number of hydrogen-bond acceptors (Lipinski definition) is 3. The number of amides is 1. The van der Waals surface area contributed by atoms with E-state index in [9.17, 15) is 9.90 Å². The molecule has 1 amide bonds. The minimum absolute atomic E-state index is 0.164. The van der Waals surface area contributed by atoms with Gasteiger partial charge in [0.05, 0.1) is 6.54 Å². The van der Waals surface area contributed by atoms with Gasteiger partial charge in [0.1, 0.15) is 0 Å². The lowest BCUT2D eigenvalue weighted by atomic mass is 9.85. The lowest BCUT2D eigenvalue weighted by Gasteiger charge is -2.31. The predicted octanol–water partition coefficient (Wildman–Crippen LogP) is 0.995. The fraction of sp³-hybridized carbons (Fsp3) is 0.923. The van der Waals surface area contributed by atoms with Gasteiger partial charge in [-0.15, -0.1) is 0 Å². The molecule has 1 saturated carbocycles. The number of nitrogens with one attached hydrogen (secondary N) is 1. The minimum Gasteiger partial charge on any atom is -0.396 e. The molecule has 0 bridgehead atoms. The molecule has 0 heterocycles. The minimum atomic E-state index is 0.164. The Morgan fingerprint density at radius 3 is 2.53 bits per heavy atom. The third-order valence-corrected chi connectivity index (χ3v) is 3.78. The number of nitrogens with zero attached hydrogens (tertiary/aromatic N) is 1. The first kappa shape index (κ1) is 14.5. The Morgan fingerprint density at radius 1 is 1.29 bits per heavy atom. The Morgan fingerprint density at radius 2 is 1.94 bits per heavy atom. The third-order valence-electron chi connectivity index (χ3n) is 3.78. The zero-order valence-corrected chi connectivity index (χ0v) is 11.1. The van der Waals surface area contributed by atoms with Crippen LogP contribution in [0.25, 0.3) is 0 Å².